The molecule has 0 saturated heterocycles. The van der Waals surface area contributed by atoms with Crippen LogP contribution < -0.4 is 5.32 Å². The minimum absolute atomic E-state index is 0.0924. The van der Waals surface area contributed by atoms with Crippen LogP contribution in [0.25, 0.3) is 11.1 Å². The lowest BCUT2D eigenvalue weighted by atomic mass is 10.1. The van der Waals surface area contributed by atoms with E-state index >= 15 is 0 Å². The van der Waals surface area contributed by atoms with Crippen molar-refractivity contribution in [3.8, 4) is 11.1 Å². The first-order valence-electron chi connectivity index (χ1n) is 7.26. The molecule has 0 radical (unpaired) electrons. The van der Waals surface area contributed by atoms with Crippen LogP contribution in [0.5, 0.6) is 0 Å². The molecule has 0 aromatic heterocycles. The summed E-state index contributed by atoms with van der Waals surface area (Å²) in [5, 5.41) is 2.95. The summed E-state index contributed by atoms with van der Waals surface area (Å²) in [4.78, 5) is 12.3. The quantitative estimate of drug-likeness (QED) is 0.728. The van der Waals surface area contributed by atoms with Crippen molar-refractivity contribution in [1.29, 1.82) is 0 Å². The van der Waals surface area contributed by atoms with Crippen LogP contribution in [-0.2, 0) is 0 Å². The zero-order valence-electron chi connectivity index (χ0n) is 12.4. The molecule has 0 aliphatic heterocycles. The smallest absolute Gasteiger partial charge is 0.255 e. The molecule has 0 atom stereocenters. The normalized spacial score (nSPS) is 10.2. The first-order chi connectivity index (χ1) is 10.7. The van der Waals surface area contributed by atoms with Gasteiger partial charge >= 0.3 is 0 Å². The number of carbonyl (C=O) groups excluding carboxylic acids is 1. The van der Waals surface area contributed by atoms with E-state index in [2.05, 4.69) is 17.4 Å². The number of rotatable bonds is 3. The predicted molar refractivity (Wildman–Crippen MR) is 91.0 cm³/mol. The number of hydrogen-bond acceptors (Lipinski definition) is 1. The van der Waals surface area contributed by atoms with Crippen LogP contribution in [0.3, 0.4) is 0 Å². The molecule has 0 heterocycles. The Morgan fingerprint density at radius 2 is 1.45 bits per heavy atom. The van der Waals surface area contributed by atoms with Crippen molar-refractivity contribution in [3.05, 3.63) is 90.0 Å². The Labute approximate surface area is 130 Å². The SMILES string of the molecule is Cc1ccc(C(=O)Nc2cccc(-c3ccccc3)c2)cc1. The summed E-state index contributed by atoms with van der Waals surface area (Å²) in [7, 11) is 0. The Hall–Kier alpha value is -2.87. The summed E-state index contributed by atoms with van der Waals surface area (Å²) in [5.41, 5.74) is 4.82. The monoisotopic (exact) mass is 287 g/mol. The van der Waals surface area contributed by atoms with Crippen molar-refractivity contribution in [2.45, 2.75) is 6.92 Å². The molecule has 2 heteroatoms. The van der Waals surface area contributed by atoms with E-state index in [1.165, 1.54) is 0 Å². The van der Waals surface area contributed by atoms with Crippen LogP contribution in [0.15, 0.2) is 78.9 Å². The van der Waals surface area contributed by atoms with Gasteiger partial charge in [-0.25, -0.2) is 0 Å². The molecule has 3 aromatic carbocycles. The molecule has 3 aromatic rings. The number of carbonyl (C=O) groups is 1. The zero-order chi connectivity index (χ0) is 15.4. The first kappa shape index (κ1) is 14.1. The Morgan fingerprint density at radius 3 is 2.18 bits per heavy atom. The Morgan fingerprint density at radius 1 is 0.773 bits per heavy atom. The summed E-state index contributed by atoms with van der Waals surface area (Å²) in [6, 6.07) is 25.6. The van der Waals surface area contributed by atoms with Gasteiger partial charge in [-0.1, -0.05) is 60.2 Å². The largest absolute Gasteiger partial charge is 0.322 e. The average molecular weight is 287 g/mol. The highest BCUT2D eigenvalue weighted by Crippen LogP contribution is 2.22. The van der Waals surface area contributed by atoms with Crippen LogP contribution in [0.4, 0.5) is 5.69 Å². The second-order valence-electron chi connectivity index (χ2n) is 5.27. The number of anilines is 1. The van der Waals surface area contributed by atoms with Crippen LogP contribution in [0.2, 0.25) is 0 Å². The van der Waals surface area contributed by atoms with E-state index in [1.807, 2.05) is 73.7 Å². The van der Waals surface area contributed by atoms with Crippen LogP contribution in [-0.4, -0.2) is 5.91 Å². The fourth-order valence-electron chi connectivity index (χ4n) is 2.32. The summed E-state index contributed by atoms with van der Waals surface area (Å²) in [6.45, 7) is 2.00. The zero-order valence-corrected chi connectivity index (χ0v) is 12.4. The van der Waals surface area contributed by atoms with Gasteiger partial charge < -0.3 is 5.32 Å². The molecule has 0 bridgehead atoms. The van der Waals surface area contributed by atoms with Gasteiger partial charge in [0.2, 0.25) is 0 Å². The van der Waals surface area contributed by atoms with Crippen LogP contribution in [0, 0.1) is 6.92 Å². The molecule has 0 aliphatic rings. The lowest BCUT2D eigenvalue weighted by Gasteiger charge is -2.08. The number of nitrogens with one attached hydrogen (secondary N) is 1. The lowest BCUT2D eigenvalue weighted by Crippen LogP contribution is -2.11. The van der Waals surface area contributed by atoms with Gasteiger partial charge in [0.15, 0.2) is 0 Å². The fraction of sp³-hybridized carbons (Fsp3) is 0.0500. The number of hydrogen-bond donors (Lipinski definition) is 1. The molecular weight excluding hydrogens is 270 g/mol. The van der Waals surface area contributed by atoms with E-state index in [4.69, 9.17) is 0 Å². The standard InChI is InChI=1S/C20H17NO/c1-15-10-12-17(13-11-15)20(22)21-19-9-5-8-18(14-19)16-6-3-2-4-7-16/h2-14H,1H3,(H,21,22). The predicted octanol–water partition coefficient (Wildman–Crippen LogP) is 4.91. The van der Waals surface area contributed by atoms with Gasteiger partial charge in [0, 0.05) is 11.3 Å². The molecular formula is C20H17NO. The summed E-state index contributed by atoms with van der Waals surface area (Å²) in [5.74, 6) is -0.0924. The highest BCUT2D eigenvalue weighted by Gasteiger charge is 2.06. The Balaban J connectivity index is 1.81. The molecule has 0 spiro atoms. The maximum Gasteiger partial charge on any atom is 0.255 e. The van der Waals surface area contributed by atoms with Crippen molar-refractivity contribution in [1.82, 2.24) is 0 Å². The minimum Gasteiger partial charge on any atom is -0.322 e. The van der Waals surface area contributed by atoms with E-state index in [1.54, 1.807) is 0 Å². The molecule has 0 fully saturated rings. The Bertz CT molecular complexity index is 776. The highest BCUT2D eigenvalue weighted by atomic mass is 16.1. The van der Waals surface area contributed by atoms with Crippen molar-refractivity contribution in [2.75, 3.05) is 5.32 Å². The van der Waals surface area contributed by atoms with Gasteiger partial charge in [-0.15, -0.1) is 0 Å². The molecule has 1 N–H and O–H groups in total. The molecule has 108 valence electrons. The van der Waals surface area contributed by atoms with Crippen molar-refractivity contribution in [2.24, 2.45) is 0 Å². The van der Waals surface area contributed by atoms with E-state index in [0.29, 0.717) is 5.56 Å². The Kier molecular flexibility index (Phi) is 4.01. The molecule has 0 saturated carbocycles. The highest BCUT2D eigenvalue weighted by molar-refractivity contribution is 6.04. The van der Waals surface area contributed by atoms with Gasteiger partial charge in [-0.05, 0) is 42.3 Å². The van der Waals surface area contributed by atoms with Crippen molar-refractivity contribution < 1.29 is 4.79 Å². The van der Waals surface area contributed by atoms with Crippen molar-refractivity contribution in [3.63, 3.8) is 0 Å². The van der Waals surface area contributed by atoms with Crippen LogP contribution in [0.1, 0.15) is 15.9 Å². The third-order valence-electron chi connectivity index (χ3n) is 3.54. The van der Waals surface area contributed by atoms with Gasteiger partial charge in [-0.2, -0.15) is 0 Å². The second kappa shape index (κ2) is 6.27. The molecule has 3 rings (SSSR count). The fourth-order valence-corrected chi connectivity index (χ4v) is 2.32. The number of benzene rings is 3. The molecule has 0 aliphatic carbocycles. The van der Waals surface area contributed by atoms with Crippen LogP contribution >= 0.6 is 0 Å². The van der Waals surface area contributed by atoms with Gasteiger partial charge in [0.25, 0.3) is 5.91 Å². The molecule has 2 nitrogen and oxygen atoms in total. The summed E-state index contributed by atoms with van der Waals surface area (Å²) in [6.07, 6.45) is 0. The summed E-state index contributed by atoms with van der Waals surface area (Å²) >= 11 is 0. The van der Waals surface area contributed by atoms with Gasteiger partial charge in [-0.3, -0.25) is 4.79 Å². The van der Waals surface area contributed by atoms with E-state index in [-0.39, 0.29) is 5.91 Å². The average Bonchev–Trinajstić information content (AvgIpc) is 2.56. The maximum absolute atomic E-state index is 12.3. The maximum atomic E-state index is 12.3. The third-order valence-corrected chi connectivity index (χ3v) is 3.54. The topological polar surface area (TPSA) is 29.1 Å². The van der Waals surface area contributed by atoms with Gasteiger partial charge in [0.1, 0.15) is 0 Å². The number of amides is 1. The van der Waals surface area contributed by atoms with Gasteiger partial charge in [0.05, 0.1) is 0 Å². The van der Waals surface area contributed by atoms with E-state index < -0.39 is 0 Å². The molecule has 22 heavy (non-hydrogen) atoms. The second-order valence-corrected chi connectivity index (χ2v) is 5.27. The third kappa shape index (κ3) is 3.23. The van der Waals surface area contributed by atoms with Crippen molar-refractivity contribution >= 4 is 11.6 Å². The summed E-state index contributed by atoms with van der Waals surface area (Å²) < 4.78 is 0. The minimum atomic E-state index is -0.0924. The van der Waals surface area contributed by atoms with E-state index in [9.17, 15) is 4.79 Å². The first-order valence-corrected chi connectivity index (χ1v) is 7.26. The van der Waals surface area contributed by atoms with E-state index in [0.717, 1.165) is 22.4 Å². The molecule has 1 amide bonds. The lowest BCUT2D eigenvalue weighted by molar-refractivity contribution is 0.102. The molecule has 0 unspecified atom stereocenters. The number of aryl methyl sites for hydroxylation is 1.